The third-order valence-electron chi connectivity index (χ3n) is 5.14. The number of aromatic amines is 1. The SMILES string of the molecule is Cc1cc(-c2ccc3cc[nH]c3c2)cc2c1CCC(C(=O)NO)C2. The molecule has 4 rings (SSSR count). The number of rotatable bonds is 2. The highest BCUT2D eigenvalue weighted by atomic mass is 16.5. The van der Waals surface area contributed by atoms with Gasteiger partial charge in [-0.05, 0) is 71.5 Å². The Labute approximate surface area is 140 Å². The molecule has 24 heavy (non-hydrogen) atoms. The topological polar surface area (TPSA) is 65.1 Å². The molecule has 0 bridgehead atoms. The first-order valence-electron chi connectivity index (χ1n) is 8.29. The molecule has 3 N–H and O–H groups in total. The van der Waals surface area contributed by atoms with Crippen LogP contribution in [0.15, 0.2) is 42.6 Å². The number of hydroxylamine groups is 1. The minimum atomic E-state index is -0.281. The Hall–Kier alpha value is -2.59. The monoisotopic (exact) mass is 320 g/mol. The molecule has 1 aromatic heterocycles. The van der Waals surface area contributed by atoms with Crippen molar-refractivity contribution in [2.75, 3.05) is 0 Å². The molecular formula is C20H20N2O2. The van der Waals surface area contributed by atoms with Crippen LogP contribution in [0.2, 0.25) is 0 Å². The van der Waals surface area contributed by atoms with Crippen LogP contribution in [0.25, 0.3) is 22.0 Å². The molecule has 2 aromatic carbocycles. The van der Waals surface area contributed by atoms with Crippen LogP contribution in [0.5, 0.6) is 0 Å². The number of hydrogen-bond donors (Lipinski definition) is 3. The number of nitrogens with one attached hydrogen (secondary N) is 2. The second-order valence-electron chi connectivity index (χ2n) is 6.63. The molecule has 1 aliphatic carbocycles. The molecule has 4 heteroatoms. The fraction of sp³-hybridized carbons (Fsp3) is 0.250. The molecule has 0 aliphatic heterocycles. The van der Waals surface area contributed by atoms with E-state index < -0.39 is 0 Å². The predicted molar refractivity (Wildman–Crippen MR) is 93.9 cm³/mol. The van der Waals surface area contributed by atoms with Crippen molar-refractivity contribution < 1.29 is 10.0 Å². The van der Waals surface area contributed by atoms with Gasteiger partial charge in [0, 0.05) is 17.6 Å². The molecule has 1 heterocycles. The molecule has 4 nitrogen and oxygen atoms in total. The number of hydrogen-bond acceptors (Lipinski definition) is 2. The zero-order valence-corrected chi connectivity index (χ0v) is 13.6. The average Bonchev–Trinajstić information content (AvgIpc) is 3.08. The fourth-order valence-electron chi connectivity index (χ4n) is 3.83. The lowest BCUT2D eigenvalue weighted by Crippen LogP contribution is -2.32. The maximum Gasteiger partial charge on any atom is 0.246 e. The summed E-state index contributed by atoms with van der Waals surface area (Å²) in [4.78, 5) is 15.0. The van der Waals surface area contributed by atoms with Gasteiger partial charge in [0.2, 0.25) is 5.91 Å². The Morgan fingerprint density at radius 2 is 2.08 bits per heavy atom. The summed E-state index contributed by atoms with van der Waals surface area (Å²) in [6, 6.07) is 12.9. The van der Waals surface area contributed by atoms with E-state index in [0.717, 1.165) is 18.4 Å². The Bertz CT molecular complexity index is 927. The van der Waals surface area contributed by atoms with E-state index in [4.69, 9.17) is 5.21 Å². The van der Waals surface area contributed by atoms with Crippen LogP contribution in [0.4, 0.5) is 0 Å². The largest absolute Gasteiger partial charge is 0.361 e. The normalized spacial score (nSPS) is 16.8. The number of fused-ring (bicyclic) bond motifs is 2. The maximum absolute atomic E-state index is 11.8. The number of carbonyl (C=O) groups excluding carboxylic acids is 1. The molecule has 1 unspecified atom stereocenters. The third-order valence-corrected chi connectivity index (χ3v) is 5.14. The summed E-state index contributed by atoms with van der Waals surface area (Å²) >= 11 is 0. The lowest BCUT2D eigenvalue weighted by molar-refractivity contribution is -0.133. The molecule has 0 spiro atoms. The second-order valence-corrected chi connectivity index (χ2v) is 6.63. The molecule has 3 aromatic rings. The van der Waals surface area contributed by atoms with E-state index in [9.17, 15) is 4.79 Å². The highest BCUT2D eigenvalue weighted by Gasteiger charge is 2.25. The molecule has 0 fully saturated rings. The number of H-pyrrole nitrogens is 1. The van der Waals surface area contributed by atoms with Crippen molar-refractivity contribution in [1.82, 2.24) is 10.5 Å². The van der Waals surface area contributed by atoms with Crippen molar-refractivity contribution >= 4 is 16.8 Å². The van der Waals surface area contributed by atoms with Gasteiger partial charge in [-0.25, -0.2) is 5.48 Å². The van der Waals surface area contributed by atoms with Crippen molar-refractivity contribution in [1.29, 1.82) is 0 Å². The van der Waals surface area contributed by atoms with Crippen LogP contribution >= 0.6 is 0 Å². The fourth-order valence-corrected chi connectivity index (χ4v) is 3.83. The number of benzene rings is 2. The molecular weight excluding hydrogens is 300 g/mol. The van der Waals surface area contributed by atoms with Gasteiger partial charge in [-0.1, -0.05) is 24.3 Å². The van der Waals surface area contributed by atoms with E-state index in [0.29, 0.717) is 6.42 Å². The van der Waals surface area contributed by atoms with Crippen LogP contribution in [0.1, 0.15) is 23.1 Å². The van der Waals surface area contributed by atoms with Gasteiger partial charge in [-0.15, -0.1) is 0 Å². The number of aryl methyl sites for hydroxylation is 1. The Morgan fingerprint density at radius 3 is 2.92 bits per heavy atom. The summed E-state index contributed by atoms with van der Waals surface area (Å²) < 4.78 is 0. The van der Waals surface area contributed by atoms with Crippen molar-refractivity contribution in [3.05, 3.63) is 59.3 Å². The molecule has 1 atom stereocenters. The number of carbonyl (C=O) groups is 1. The molecule has 122 valence electrons. The lowest BCUT2D eigenvalue weighted by Gasteiger charge is -2.25. The van der Waals surface area contributed by atoms with Gasteiger partial charge in [-0.3, -0.25) is 10.0 Å². The highest BCUT2D eigenvalue weighted by Crippen LogP contribution is 2.33. The average molecular weight is 320 g/mol. The quantitative estimate of drug-likeness (QED) is 0.497. The molecule has 0 radical (unpaired) electrons. The van der Waals surface area contributed by atoms with Crippen molar-refractivity contribution in [3.63, 3.8) is 0 Å². The van der Waals surface area contributed by atoms with Crippen molar-refractivity contribution in [2.45, 2.75) is 26.2 Å². The molecule has 0 saturated heterocycles. The van der Waals surface area contributed by atoms with Gasteiger partial charge in [0.25, 0.3) is 0 Å². The van der Waals surface area contributed by atoms with Gasteiger partial charge in [0.1, 0.15) is 0 Å². The standard InChI is InChI=1S/C20H20N2O2/c1-12-8-16(14-3-2-13-6-7-21-19(13)11-14)10-17-9-15(20(23)22-24)4-5-18(12)17/h2-3,6-8,10-11,15,21,24H,4-5,9H2,1H3,(H,22,23). The Balaban J connectivity index is 1.75. The zero-order chi connectivity index (χ0) is 16.7. The van der Waals surface area contributed by atoms with Crippen LogP contribution in [-0.4, -0.2) is 16.1 Å². The smallest absolute Gasteiger partial charge is 0.246 e. The molecule has 1 amide bonds. The summed E-state index contributed by atoms with van der Waals surface area (Å²) in [5.74, 6) is -0.431. The first-order valence-corrected chi connectivity index (χ1v) is 8.29. The van der Waals surface area contributed by atoms with E-state index in [-0.39, 0.29) is 11.8 Å². The minimum absolute atomic E-state index is 0.150. The molecule has 1 aliphatic rings. The van der Waals surface area contributed by atoms with E-state index >= 15 is 0 Å². The van der Waals surface area contributed by atoms with Gasteiger partial charge in [0.15, 0.2) is 0 Å². The van der Waals surface area contributed by atoms with Crippen LogP contribution in [0, 0.1) is 12.8 Å². The van der Waals surface area contributed by atoms with Crippen LogP contribution in [0.3, 0.4) is 0 Å². The summed E-state index contributed by atoms with van der Waals surface area (Å²) in [7, 11) is 0. The Kier molecular flexibility index (Phi) is 3.62. The van der Waals surface area contributed by atoms with Crippen LogP contribution < -0.4 is 5.48 Å². The lowest BCUT2D eigenvalue weighted by atomic mass is 9.80. The van der Waals surface area contributed by atoms with Crippen molar-refractivity contribution in [3.8, 4) is 11.1 Å². The van der Waals surface area contributed by atoms with Gasteiger partial charge in [0.05, 0.1) is 0 Å². The zero-order valence-electron chi connectivity index (χ0n) is 13.6. The van der Waals surface area contributed by atoms with Gasteiger partial charge < -0.3 is 4.98 Å². The summed E-state index contributed by atoms with van der Waals surface area (Å²) in [5.41, 5.74) is 9.11. The van der Waals surface area contributed by atoms with E-state index in [1.165, 1.54) is 33.2 Å². The maximum atomic E-state index is 11.8. The highest BCUT2D eigenvalue weighted by molar-refractivity contribution is 5.85. The van der Waals surface area contributed by atoms with E-state index in [1.807, 2.05) is 6.20 Å². The van der Waals surface area contributed by atoms with Crippen molar-refractivity contribution in [2.24, 2.45) is 5.92 Å². The summed E-state index contributed by atoms with van der Waals surface area (Å²) in [6.45, 7) is 2.14. The third kappa shape index (κ3) is 2.49. The molecule has 0 saturated carbocycles. The number of aromatic nitrogens is 1. The predicted octanol–water partition coefficient (Wildman–Crippen LogP) is 3.75. The van der Waals surface area contributed by atoms with Gasteiger partial charge >= 0.3 is 0 Å². The minimum Gasteiger partial charge on any atom is -0.361 e. The summed E-state index contributed by atoms with van der Waals surface area (Å²) in [5, 5.41) is 10.1. The first kappa shape index (κ1) is 15.0. The Morgan fingerprint density at radius 1 is 1.21 bits per heavy atom. The van der Waals surface area contributed by atoms with Crippen LogP contribution in [-0.2, 0) is 17.6 Å². The summed E-state index contributed by atoms with van der Waals surface area (Å²) in [6.07, 6.45) is 4.30. The van der Waals surface area contributed by atoms with E-state index in [2.05, 4.69) is 48.3 Å². The van der Waals surface area contributed by atoms with E-state index in [1.54, 1.807) is 5.48 Å². The first-order chi connectivity index (χ1) is 11.7. The number of amides is 1. The van der Waals surface area contributed by atoms with Gasteiger partial charge in [-0.2, -0.15) is 0 Å². The second kappa shape index (κ2) is 5.80.